The molecule has 6 atom stereocenters. The van der Waals surface area contributed by atoms with Crippen molar-refractivity contribution in [2.45, 2.75) is 49.7 Å². The number of carbonyl (C=O) groups is 3. The van der Waals surface area contributed by atoms with E-state index in [9.17, 15) is 9.90 Å². The summed E-state index contributed by atoms with van der Waals surface area (Å²) in [6, 6.07) is 23.9. The van der Waals surface area contributed by atoms with Crippen LogP contribution in [0.15, 0.2) is 110 Å². The van der Waals surface area contributed by atoms with Gasteiger partial charge in [-0.25, -0.2) is 4.68 Å². The van der Waals surface area contributed by atoms with E-state index in [2.05, 4.69) is 23.5 Å². The molecule has 3 aliphatic rings. The fourth-order valence-corrected chi connectivity index (χ4v) is 8.34. The molecule has 4 heterocycles. The summed E-state index contributed by atoms with van der Waals surface area (Å²) in [6.45, 7) is 9.67. The van der Waals surface area contributed by atoms with Crippen molar-refractivity contribution in [3.8, 4) is 0 Å². The highest BCUT2D eigenvalue weighted by Gasteiger charge is 2.79. The minimum atomic E-state index is -1.31. The molecule has 4 aromatic rings. The van der Waals surface area contributed by atoms with Crippen LogP contribution in [0.25, 0.3) is 11.0 Å². The van der Waals surface area contributed by atoms with Gasteiger partial charge in [0, 0.05) is 18.8 Å². The molecule has 2 bridgehead atoms. The van der Waals surface area contributed by atoms with Gasteiger partial charge in [0.15, 0.2) is 0 Å². The molecule has 49 heavy (non-hydrogen) atoms. The van der Waals surface area contributed by atoms with Gasteiger partial charge >= 0.3 is 0 Å². The van der Waals surface area contributed by atoms with Crippen molar-refractivity contribution >= 4 is 34.4 Å². The Labute approximate surface area is 285 Å². The van der Waals surface area contributed by atoms with E-state index in [-0.39, 0.29) is 37.5 Å². The summed E-state index contributed by atoms with van der Waals surface area (Å²) in [5.41, 5.74) is 0.471. The van der Waals surface area contributed by atoms with Crippen molar-refractivity contribution in [3.63, 3.8) is 0 Å². The van der Waals surface area contributed by atoms with E-state index < -0.39 is 41.7 Å². The topological polar surface area (TPSA) is 121 Å². The Hall–Kier alpha value is -5.13. The number of aliphatic hydroxyl groups excluding tert-OH is 1. The maximum atomic E-state index is 15.1. The minimum Gasteiger partial charge on any atom is -0.394 e. The van der Waals surface area contributed by atoms with Crippen LogP contribution in [0.2, 0.25) is 0 Å². The summed E-state index contributed by atoms with van der Waals surface area (Å²) in [7, 11) is 0. The second-order valence-electron chi connectivity index (χ2n) is 13.2. The van der Waals surface area contributed by atoms with Gasteiger partial charge in [-0.15, -0.1) is 18.3 Å². The molecule has 0 saturated carbocycles. The summed E-state index contributed by atoms with van der Waals surface area (Å²) in [5.74, 6) is -2.87. The van der Waals surface area contributed by atoms with Crippen LogP contribution in [0.4, 0.5) is 5.69 Å². The van der Waals surface area contributed by atoms with Crippen LogP contribution in [0.5, 0.6) is 0 Å². The maximum Gasteiger partial charge on any atom is 0.250 e. The molecule has 3 saturated heterocycles. The van der Waals surface area contributed by atoms with Crippen LogP contribution in [0.3, 0.4) is 0 Å². The summed E-state index contributed by atoms with van der Waals surface area (Å²) < 4.78 is 8.58. The number of nitrogens with zero attached hydrogens (tertiary/aromatic N) is 6. The van der Waals surface area contributed by atoms with Crippen molar-refractivity contribution in [2.75, 3.05) is 24.6 Å². The quantitative estimate of drug-likeness (QED) is 0.227. The molecule has 252 valence electrons. The standard InChI is InChI=1S/C38H40N6O5/c1-4-22-41(25-43-29-19-13-12-18-28(29)39-40-43)36(48)33-38-21-20-37(3,49-38)31(34(46)42(23-5-2)27-16-10-7-11-17-27)32(38)35(47)44(33)30(24-45)26-14-8-6-9-15-26/h4-19,30-33,45H,1-2,20-25H2,3H3/t30-,31+,32+,33?,37-,38?/m1/s1. The first kappa shape index (κ1) is 32.4. The van der Waals surface area contributed by atoms with Gasteiger partial charge in [0.05, 0.1) is 35.6 Å². The molecule has 0 aliphatic carbocycles. The third kappa shape index (κ3) is 5.15. The van der Waals surface area contributed by atoms with E-state index in [4.69, 9.17) is 4.74 Å². The fraction of sp³-hybridized carbons (Fsp3) is 0.342. The zero-order valence-corrected chi connectivity index (χ0v) is 27.5. The third-order valence-corrected chi connectivity index (χ3v) is 10.4. The van der Waals surface area contributed by atoms with Crippen LogP contribution >= 0.6 is 0 Å². The highest BCUT2D eigenvalue weighted by atomic mass is 16.5. The smallest absolute Gasteiger partial charge is 0.250 e. The van der Waals surface area contributed by atoms with E-state index in [1.165, 1.54) is 4.90 Å². The summed E-state index contributed by atoms with van der Waals surface area (Å²) >= 11 is 0. The van der Waals surface area contributed by atoms with E-state index in [1.54, 1.807) is 26.6 Å². The maximum absolute atomic E-state index is 15.1. The number of para-hydroxylation sites is 2. The number of fused-ring (bicyclic) bond motifs is 2. The fourth-order valence-electron chi connectivity index (χ4n) is 8.34. The van der Waals surface area contributed by atoms with Crippen LogP contribution in [-0.4, -0.2) is 84.6 Å². The number of rotatable bonds is 12. The lowest BCUT2D eigenvalue weighted by Crippen LogP contribution is -2.57. The number of carbonyl (C=O) groups excluding carboxylic acids is 3. The number of amides is 3. The molecule has 7 rings (SSSR count). The Kier molecular flexibility index (Phi) is 8.41. The molecule has 3 aliphatic heterocycles. The van der Waals surface area contributed by atoms with Crippen LogP contribution in [-0.2, 0) is 25.8 Å². The van der Waals surface area contributed by atoms with Crippen molar-refractivity contribution in [1.82, 2.24) is 24.8 Å². The molecule has 11 heteroatoms. The van der Waals surface area contributed by atoms with E-state index in [0.717, 1.165) is 5.52 Å². The van der Waals surface area contributed by atoms with Crippen molar-refractivity contribution < 1.29 is 24.2 Å². The zero-order chi connectivity index (χ0) is 34.3. The van der Waals surface area contributed by atoms with Crippen LogP contribution < -0.4 is 4.90 Å². The Morgan fingerprint density at radius 1 is 0.980 bits per heavy atom. The van der Waals surface area contributed by atoms with Gasteiger partial charge in [-0.05, 0) is 49.6 Å². The number of aliphatic hydroxyl groups is 1. The molecule has 1 N–H and O–H groups in total. The molecular weight excluding hydrogens is 620 g/mol. The average Bonchev–Trinajstić information content (AvgIpc) is 3.83. The van der Waals surface area contributed by atoms with Crippen LogP contribution in [0, 0.1) is 11.8 Å². The second-order valence-corrected chi connectivity index (χ2v) is 13.2. The number of likely N-dealkylation sites (tertiary alicyclic amines) is 1. The highest BCUT2D eigenvalue weighted by molar-refractivity contribution is 6.03. The first-order valence-electron chi connectivity index (χ1n) is 16.6. The summed E-state index contributed by atoms with van der Waals surface area (Å²) in [5, 5.41) is 19.5. The molecule has 2 unspecified atom stereocenters. The minimum absolute atomic E-state index is 0.0422. The van der Waals surface area contributed by atoms with Crippen molar-refractivity contribution in [3.05, 3.63) is 116 Å². The number of anilines is 1. The molecule has 1 aromatic heterocycles. The highest BCUT2D eigenvalue weighted by Crippen LogP contribution is 2.64. The van der Waals surface area contributed by atoms with Gasteiger partial charge in [0.2, 0.25) is 17.7 Å². The van der Waals surface area contributed by atoms with Gasteiger partial charge in [-0.1, -0.05) is 78.0 Å². The second kappa shape index (κ2) is 12.7. The molecule has 3 amide bonds. The zero-order valence-electron chi connectivity index (χ0n) is 27.5. The van der Waals surface area contributed by atoms with E-state index >= 15 is 9.59 Å². The SMILES string of the molecule is C=CCN(Cn1nnc2ccccc21)C(=O)C1N([C@H](CO)c2ccccc2)C(=O)[C@@H]2[C@@H](C(=O)N(CC=C)c3ccccc3)[C@@]3(C)CCC12O3. The third-order valence-electron chi connectivity index (χ3n) is 10.4. The number of ether oxygens (including phenoxy) is 1. The first-order valence-corrected chi connectivity index (χ1v) is 16.6. The number of hydrogen-bond acceptors (Lipinski definition) is 7. The normalized spacial score (nSPS) is 26.0. The molecule has 11 nitrogen and oxygen atoms in total. The Balaban J connectivity index is 1.34. The lowest BCUT2D eigenvalue weighted by molar-refractivity contribution is -0.156. The molecule has 3 fully saturated rings. The van der Waals surface area contributed by atoms with Gasteiger partial charge < -0.3 is 24.5 Å². The monoisotopic (exact) mass is 660 g/mol. The van der Waals surface area contributed by atoms with E-state index in [0.29, 0.717) is 29.6 Å². The Bertz CT molecular complexity index is 1900. The molecule has 3 aromatic carbocycles. The predicted octanol–water partition coefficient (Wildman–Crippen LogP) is 4.12. The molecule has 1 spiro atoms. The predicted molar refractivity (Wildman–Crippen MR) is 184 cm³/mol. The Morgan fingerprint density at radius 2 is 1.65 bits per heavy atom. The van der Waals surface area contributed by atoms with Gasteiger partial charge in [0.25, 0.3) is 0 Å². The van der Waals surface area contributed by atoms with E-state index in [1.807, 2.05) is 91.9 Å². The first-order chi connectivity index (χ1) is 23.8. The summed E-state index contributed by atoms with van der Waals surface area (Å²) in [4.78, 5) is 49.6. The molecule has 0 radical (unpaired) electrons. The number of hydrogen-bond donors (Lipinski definition) is 1. The van der Waals surface area contributed by atoms with Crippen molar-refractivity contribution in [1.29, 1.82) is 0 Å². The summed E-state index contributed by atoms with van der Waals surface area (Å²) in [6.07, 6.45) is 4.16. The number of aromatic nitrogens is 3. The Morgan fingerprint density at radius 3 is 2.35 bits per heavy atom. The van der Waals surface area contributed by atoms with Gasteiger partial charge in [0.1, 0.15) is 23.8 Å². The lowest BCUT2D eigenvalue weighted by Gasteiger charge is -2.39. The van der Waals surface area contributed by atoms with Crippen LogP contribution in [0.1, 0.15) is 31.4 Å². The van der Waals surface area contributed by atoms with Crippen molar-refractivity contribution in [2.24, 2.45) is 11.8 Å². The van der Waals surface area contributed by atoms with Gasteiger partial charge in [-0.3, -0.25) is 14.4 Å². The largest absolute Gasteiger partial charge is 0.394 e. The number of benzene rings is 3. The average molecular weight is 661 g/mol. The van der Waals surface area contributed by atoms with Gasteiger partial charge in [-0.2, -0.15) is 0 Å². The molecular formula is C38H40N6O5. The lowest BCUT2D eigenvalue weighted by atomic mass is 9.66.